The van der Waals surface area contributed by atoms with Crippen LogP contribution in [0.15, 0.2) is 158 Å². The molecule has 0 amide bonds. The van der Waals surface area contributed by atoms with Gasteiger partial charge in [-0.2, -0.15) is 0 Å². The standard InChI is InChI=1S/C38H30OP2/c1-5-17-31(18-6-1)40(32-19-7-2-8-20-32)35-25-13-15-29-27-39-28-30-16-14-26-36(38(30)37(29)35)41(33-21-9-3-10-22-33)34-23-11-4-12-24-34/h1-26H,27-28H2. The van der Waals surface area contributed by atoms with Crippen LogP contribution < -0.4 is 31.8 Å². The molecular weight excluding hydrogens is 534 g/mol. The van der Waals surface area contributed by atoms with Crippen LogP contribution in [0.4, 0.5) is 0 Å². The van der Waals surface area contributed by atoms with Crippen molar-refractivity contribution in [1.29, 1.82) is 0 Å². The lowest BCUT2D eigenvalue weighted by atomic mass is 9.96. The van der Waals surface area contributed by atoms with E-state index in [0.717, 1.165) is 0 Å². The smallest absolute Gasteiger partial charge is 0.0727 e. The van der Waals surface area contributed by atoms with Crippen molar-refractivity contribution in [2.75, 3.05) is 0 Å². The van der Waals surface area contributed by atoms with Gasteiger partial charge in [-0.25, -0.2) is 0 Å². The normalized spacial score (nSPS) is 12.5. The fourth-order valence-corrected chi connectivity index (χ4v) is 10.8. The fourth-order valence-electron chi connectivity index (χ4n) is 5.80. The summed E-state index contributed by atoms with van der Waals surface area (Å²) in [6, 6.07) is 57.8. The molecule has 0 saturated carbocycles. The Bertz CT molecular complexity index is 1540. The first-order valence-electron chi connectivity index (χ1n) is 14.0. The molecule has 3 heteroatoms. The Balaban J connectivity index is 1.53. The highest BCUT2D eigenvalue weighted by Gasteiger charge is 2.29. The summed E-state index contributed by atoms with van der Waals surface area (Å²) >= 11 is 0. The summed E-state index contributed by atoms with van der Waals surface area (Å²) in [5, 5.41) is 8.23. The lowest BCUT2D eigenvalue weighted by Crippen LogP contribution is -2.26. The van der Waals surface area contributed by atoms with Gasteiger partial charge in [0, 0.05) is 0 Å². The van der Waals surface area contributed by atoms with Gasteiger partial charge in [0.15, 0.2) is 0 Å². The number of benzene rings is 6. The second-order valence-corrected chi connectivity index (χ2v) is 14.5. The van der Waals surface area contributed by atoms with Crippen molar-refractivity contribution in [2.24, 2.45) is 0 Å². The molecule has 0 spiro atoms. The summed E-state index contributed by atoms with van der Waals surface area (Å²) in [5.41, 5.74) is 5.25. The van der Waals surface area contributed by atoms with Gasteiger partial charge in [-0.3, -0.25) is 0 Å². The largest absolute Gasteiger partial charge is 0.372 e. The minimum absolute atomic E-state index is 0.610. The van der Waals surface area contributed by atoms with E-state index in [9.17, 15) is 0 Å². The van der Waals surface area contributed by atoms with Gasteiger partial charge >= 0.3 is 0 Å². The Kier molecular flexibility index (Phi) is 7.59. The summed E-state index contributed by atoms with van der Waals surface area (Å²) in [7, 11) is -1.57. The monoisotopic (exact) mass is 564 g/mol. The molecule has 0 atom stereocenters. The molecule has 0 bridgehead atoms. The van der Waals surface area contributed by atoms with Crippen LogP contribution in [0.25, 0.3) is 11.1 Å². The van der Waals surface area contributed by atoms with E-state index in [1.54, 1.807) is 0 Å². The van der Waals surface area contributed by atoms with E-state index in [4.69, 9.17) is 4.74 Å². The Morgan fingerprint density at radius 2 is 0.659 bits per heavy atom. The second-order valence-electron chi connectivity index (χ2n) is 10.1. The first-order chi connectivity index (χ1) is 20.4. The van der Waals surface area contributed by atoms with Gasteiger partial charge in [0.2, 0.25) is 0 Å². The fraction of sp³-hybridized carbons (Fsp3) is 0.0526. The Hall–Kier alpha value is -3.86. The van der Waals surface area contributed by atoms with Crippen LogP contribution >= 0.6 is 15.8 Å². The van der Waals surface area contributed by atoms with Crippen LogP contribution in [0.2, 0.25) is 0 Å². The van der Waals surface area contributed by atoms with Gasteiger partial charge in [0.05, 0.1) is 13.2 Å². The van der Waals surface area contributed by atoms with E-state index in [0.29, 0.717) is 13.2 Å². The molecule has 1 nitrogen and oxygen atoms in total. The van der Waals surface area contributed by atoms with E-state index >= 15 is 0 Å². The van der Waals surface area contributed by atoms with Crippen LogP contribution in [-0.2, 0) is 18.0 Å². The highest BCUT2D eigenvalue weighted by atomic mass is 31.1. The Labute approximate surface area is 245 Å². The maximum atomic E-state index is 6.35. The molecule has 1 heterocycles. The third-order valence-corrected chi connectivity index (χ3v) is 12.5. The number of hydrogen-bond acceptors (Lipinski definition) is 1. The van der Waals surface area contributed by atoms with E-state index < -0.39 is 15.8 Å². The van der Waals surface area contributed by atoms with Crippen LogP contribution in [-0.4, -0.2) is 0 Å². The predicted molar refractivity (Wildman–Crippen MR) is 178 cm³/mol. The minimum atomic E-state index is -0.785. The van der Waals surface area contributed by atoms with Crippen molar-refractivity contribution in [3.8, 4) is 11.1 Å². The van der Waals surface area contributed by atoms with Crippen molar-refractivity contribution in [3.63, 3.8) is 0 Å². The average Bonchev–Trinajstić information content (AvgIpc) is 3.24. The number of rotatable bonds is 6. The Morgan fingerprint density at radius 3 is 0.976 bits per heavy atom. The molecule has 7 rings (SSSR count). The third kappa shape index (κ3) is 5.18. The second kappa shape index (κ2) is 11.9. The number of hydrogen-bond donors (Lipinski definition) is 0. The molecule has 0 saturated heterocycles. The first kappa shape index (κ1) is 26.1. The van der Waals surface area contributed by atoms with E-state index in [1.165, 1.54) is 54.1 Å². The molecule has 0 aromatic heterocycles. The molecule has 0 radical (unpaired) electrons. The predicted octanol–water partition coefficient (Wildman–Crippen LogP) is 6.90. The number of ether oxygens (including phenoxy) is 1. The highest BCUT2D eigenvalue weighted by Crippen LogP contribution is 2.44. The topological polar surface area (TPSA) is 9.23 Å². The third-order valence-electron chi connectivity index (χ3n) is 7.56. The van der Waals surface area contributed by atoms with Crippen LogP contribution in [0, 0.1) is 0 Å². The molecule has 0 fully saturated rings. The Morgan fingerprint density at radius 1 is 0.341 bits per heavy atom. The van der Waals surface area contributed by atoms with Crippen LogP contribution in [0.5, 0.6) is 0 Å². The summed E-state index contributed by atoms with van der Waals surface area (Å²) in [4.78, 5) is 0. The minimum Gasteiger partial charge on any atom is -0.372 e. The van der Waals surface area contributed by atoms with Crippen LogP contribution in [0.1, 0.15) is 11.1 Å². The molecular formula is C38H30OP2. The quantitative estimate of drug-likeness (QED) is 0.200. The van der Waals surface area contributed by atoms with Crippen molar-refractivity contribution >= 4 is 47.7 Å². The van der Waals surface area contributed by atoms with E-state index in [2.05, 4.69) is 158 Å². The number of fused-ring (bicyclic) bond motifs is 3. The SMILES string of the molecule is c1ccc(P(c2ccccc2)c2cccc3c2-c2c(cccc2P(c2ccccc2)c2ccccc2)COC3)cc1. The first-order valence-corrected chi connectivity index (χ1v) is 16.7. The van der Waals surface area contributed by atoms with Gasteiger partial charge in [-0.15, -0.1) is 0 Å². The van der Waals surface area contributed by atoms with E-state index in [-0.39, 0.29) is 0 Å². The molecule has 198 valence electrons. The highest BCUT2D eigenvalue weighted by molar-refractivity contribution is 7.80. The average molecular weight is 565 g/mol. The zero-order chi connectivity index (χ0) is 27.4. The molecule has 6 aromatic rings. The molecule has 1 aliphatic rings. The van der Waals surface area contributed by atoms with Crippen molar-refractivity contribution < 1.29 is 4.74 Å². The summed E-state index contributed by atoms with van der Waals surface area (Å²) < 4.78 is 6.35. The molecule has 0 N–H and O–H groups in total. The molecule has 1 aliphatic heterocycles. The maximum absolute atomic E-state index is 6.35. The summed E-state index contributed by atoms with van der Waals surface area (Å²) in [6.45, 7) is 1.22. The lowest BCUT2D eigenvalue weighted by molar-refractivity contribution is 0.110. The maximum Gasteiger partial charge on any atom is 0.0727 e. The summed E-state index contributed by atoms with van der Waals surface area (Å²) in [6.07, 6.45) is 0. The summed E-state index contributed by atoms with van der Waals surface area (Å²) in [5.74, 6) is 0. The molecule has 0 unspecified atom stereocenters. The van der Waals surface area contributed by atoms with Crippen molar-refractivity contribution in [2.45, 2.75) is 13.2 Å². The van der Waals surface area contributed by atoms with E-state index in [1.807, 2.05) is 0 Å². The van der Waals surface area contributed by atoms with Gasteiger partial charge < -0.3 is 4.74 Å². The molecule has 0 aliphatic carbocycles. The zero-order valence-corrected chi connectivity index (χ0v) is 24.5. The zero-order valence-electron chi connectivity index (χ0n) is 22.7. The van der Waals surface area contributed by atoms with Gasteiger partial charge in [-0.05, 0) is 69.9 Å². The van der Waals surface area contributed by atoms with Gasteiger partial charge in [-0.1, -0.05) is 158 Å². The van der Waals surface area contributed by atoms with Crippen LogP contribution in [0.3, 0.4) is 0 Å². The molecule has 41 heavy (non-hydrogen) atoms. The lowest BCUT2D eigenvalue weighted by Gasteiger charge is -2.28. The molecule has 6 aromatic carbocycles. The van der Waals surface area contributed by atoms with Crippen molar-refractivity contribution in [3.05, 3.63) is 169 Å². The van der Waals surface area contributed by atoms with Crippen molar-refractivity contribution in [1.82, 2.24) is 0 Å². The van der Waals surface area contributed by atoms with Gasteiger partial charge in [0.25, 0.3) is 0 Å². The van der Waals surface area contributed by atoms with Gasteiger partial charge in [0.1, 0.15) is 0 Å².